The van der Waals surface area contributed by atoms with E-state index in [1.165, 1.54) is 0 Å². The number of rotatable bonds is 5. The summed E-state index contributed by atoms with van der Waals surface area (Å²) >= 11 is 0. The maximum absolute atomic E-state index is 12.3. The van der Waals surface area contributed by atoms with E-state index in [9.17, 15) is 14.4 Å². The number of hydrogen-bond acceptors (Lipinski definition) is 3. The number of nitrogens with one attached hydrogen (secondary N) is 2. The summed E-state index contributed by atoms with van der Waals surface area (Å²) in [6.45, 7) is 4.07. The van der Waals surface area contributed by atoms with Gasteiger partial charge in [-0.3, -0.25) is 14.4 Å². The highest BCUT2D eigenvalue weighted by atomic mass is 16.2. The molecule has 0 unspecified atom stereocenters. The molecule has 6 nitrogen and oxygen atoms in total. The molecular formula is C16H27N3O3. The topological polar surface area (TPSA) is 78.5 Å². The molecule has 0 radical (unpaired) electrons. The van der Waals surface area contributed by atoms with Crippen LogP contribution in [0.2, 0.25) is 0 Å². The summed E-state index contributed by atoms with van der Waals surface area (Å²) < 4.78 is 0. The van der Waals surface area contributed by atoms with Crippen molar-refractivity contribution in [3.05, 3.63) is 0 Å². The number of piperidine rings is 1. The lowest BCUT2D eigenvalue weighted by Crippen LogP contribution is -2.58. The SMILES string of the molecule is CC(C)(NC(=O)CN1CCCCC1=O)C(=O)NC1CCCC1. The fourth-order valence-corrected chi connectivity index (χ4v) is 3.08. The van der Waals surface area contributed by atoms with Crippen molar-refractivity contribution in [3.63, 3.8) is 0 Å². The van der Waals surface area contributed by atoms with Crippen LogP contribution >= 0.6 is 0 Å². The molecule has 0 spiro atoms. The summed E-state index contributed by atoms with van der Waals surface area (Å²) in [4.78, 5) is 37.7. The zero-order chi connectivity index (χ0) is 16.2. The first kappa shape index (κ1) is 16.8. The standard InChI is InChI=1S/C16H27N3O3/c1-16(2,15(22)17-12-7-3-4-8-12)18-13(20)11-19-10-6-5-9-14(19)21/h12H,3-11H2,1-2H3,(H,17,22)(H,18,20). The lowest BCUT2D eigenvalue weighted by molar-refractivity contribution is -0.139. The van der Waals surface area contributed by atoms with Gasteiger partial charge in [-0.1, -0.05) is 12.8 Å². The maximum atomic E-state index is 12.3. The smallest absolute Gasteiger partial charge is 0.245 e. The summed E-state index contributed by atoms with van der Waals surface area (Å²) in [5.74, 6) is -0.408. The molecule has 2 aliphatic rings. The minimum Gasteiger partial charge on any atom is -0.351 e. The van der Waals surface area contributed by atoms with Gasteiger partial charge in [-0.15, -0.1) is 0 Å². The zero-order valence-corrected chi connectivity index (χ0v) is 13.6. The average molecular weight is 309 g/mol. The molecule has 124 valence electrons. The Labute approximate surface area is 132 Å². The van der Waals surface area contributed by atoms with Crippen LogP contribution < -0.4 is 10.6 Å². The number of nitrogens with zero attached hydrogens (tertiary/aromatic N) is 1. The number of carbonyl (C=O) groups excluding carboxylic acids is 3. The van der Waals surface area contributed by atoms with Gasteiger partial charge in [0.2, 0.25) is 17.7 Å². The van der Waals surface area contributed by atoms with Crippen molar-refractivity contribution in [2.24, 2.45) is 0 Å². The van der Waals surface area contributed by atoms with Gasteiger partial charge in [0.05, 0.1) is 6.54 Å². The Kier molecular flexibility index (Phi) is 5.42. The summed E-state index contributed by atoms with van der Waals surface area (Å²) in [6, 6.07) is 0.229. The molecule has 2 N–H and O–H groups in total. The van der Waals surface area contributed by atoms with Gasteiger partial charge in [-0.05, 0) is 39.5 Å². The third kappa shape index (κ3) is 4.45. The first-order valence-electron chi connectivity index (χ1n) is 8.28. The highest BCUT2D eigenvalue weighted by molar-refractivity contribution is 5.92. The van der Waals surface area contributed by atoms with E-state index in [1.54, 1.807) is 18.7 Å². The largest absolute Gasteiger partial charge is 0.351 e. The molecule has 1 aliphatic heterocycles. The molecule has 1 heterocycles. The van der Waals surface area contributed by atoms with Crippen LogP contribution in [0.15, 0.2) is 0 Å². The third-order valence-corrected chi connectivity index (χ3v) is 4.47. The fourth-order valence-electron chi connectivity index (χ4n) is 3.08. The van der Waals surface area contributed by atoms with Gasteiger partial charge >= 0.3 is 0 Å². The van der Waals surface area contributed by atoms with E-state index >= 15 is 0 Å². The Bertz CT molecular complexity index is 442. The van der Waals surface area contributed by atoms with Crippen LogP contribution in [0.1, 0.15) is 58.8 Å². The second-order valence-corrected chi connectivity index (χ2v) is 6.90. The quantitative estimate of drug-likeness (QED) is 0.794. The van der Waals surface area contributed by atoms with E-state index in [-0.39, 0.29) is 30.3 Å². The fraction of sp³-hybridized carbons (Fsp3) is 0.812. The predicted molar refractivity (Wildman–Crippen MR) is 83.1 cm³/mol. The van der Waals surface area contributed by atoms with Gasteiger partial charge in [0.25, 0.3) is 0 Å². The molecule has 3 amide bonds. The van der Waals surface area contributed by atoms with Crippen LogP contribution in [0, 0.1) is 0 Å². The molecular weight excluding hydrogens is 282 g/mol. The van der Waals surface area contributed by atoms with E-state index < -0.39 is 5.54 Å². The number of carbonyl (C=O) groups is 3. The van der Waals surface area contributed by atoms with Gasteiger partial charge in [0.15, 0.2) is 0 Å². The molecule has 0 aromatic carbocycles. The number of amides is 3. The zero-order valence-electron chi connectivity index (χ0n) is 13.6. The van der Waals surface area contributed by atoms with Gasteiger partial charge in [-0.25, -0.2) is 0 Å². The van der Waals surface area contributed by atoms with Crippen molar-refractivity contribution in [1.82, 2.24) is 15.5 Å². The average Bonchev–Trinajstić information content (AvgIpc) is 2.93. The minimum absolute atomic E-state index is 0.0228. The Hall–Kier alpha value is -1.59. The molecule has 2 rings (SSSR count). The van der Waals surface area contributed by atoms with E-state index in [1.807, 2.05) is 0 Å². The van der Waals surface area contributed by atoms with Crippen molar-refractivity contribution in [2.75, 3.05) is 13.1 Å². The van der Waals surface area contributed by atoms with Crippen molar-refractivity contribution in [1.29, 1.82) is 0 Å². The molecule has 0 aromatic heterocycles. The third-order valence-electron chi connectivity index (χ3n) is 4.47. The molecule has 0 bridgehead atoms. The summed E-state index contributed by atoms with van der Waals surface area (Å²) in [7, 11) is 0. The first-order valence-corrected chi connectivity index (χ1v) is 8.28. The van der Waals surface area contributed by atoms with Crippen LogP contribution in [0.5, 0.6) is 0 Å². The monoisotopic (exact) mass is 309 g/mol. The van der Waals surface area contributed by atoms with Gasteiger partial charge in [0.1, 0.15) is 5.54 Å². The van der Waals surface area contributed by atoms with Crippen molar-refractivity contribution < 1.29 is 14.4 Å². The number of likely N-dealkylation sites (tertiary alicyclic amines) is 1. The molecule has 1 saturated carbocycles. The molecule has 1 aliphatic carbocycles. The lowest BCUT2D eigenvalue weighted by Gasteiger charge is -2.30. The van der Waals surface area contributed by atoms with Gasteiger partial charge < -0.3 is 15.5 Å². The Morgan fingerprint density at radius 1 is 1.18 bits per heavy atom. The predicted octanol–water partition coefficient (Wildman–Crippen LogP) is 0.952. The molecule has 2 fully saturated rings. The first-order chi connectivity index (χ1) is 10.4. The maximum Gasteiger partial charge on any atom is 0.245 e. The van der Waals surface area contributed by atoms with Gasteiger partial charge in [-0.2, -0.15) is 0 Å². The second kappa shape index (κ2) is 7.11. The summed E-state index contributed by atoms with van der Waals surface area (Å²) in [6.07, 6.45) is 6.66. The summed E-state index contributed by atoms with van der Waals surface area (Å²) in [5.41, 5.74) is -0.960. The van der Waals surface area contributed by atoms with E-state index in [4.69, 9.17) is 0 Å². The lowest BCUT2D eigenvalue weighted by atomic mass is 10.0. The van der Waals surface area contributed by atoms with Crippen LogP contribution in [-0.4, -0.2) is 47.3 Å². The van der Waals surface area contributed by atoms with E-state index in [2.05, 4.69) is 10.6 Å². The Morgan fingerprint density at radius 3 is 2.50 bits per heavy atom. The van der Waals surface area contributed by atoms with Crippen LogP contribution in [-0.2, 0) is 14.4 Å². The molecule has 6 heteroatoms. The Morgan fingerprint density at radius 2 is 1.86 bits per heavy atom. The van der Waals surface area contributed by atoms with Crippen molar-refractivity contribution >= 4 is 17.7 Å². The normalized spacial score (nSPS) is 20.1. The van der Waals surface area contributed by atoms with Crippen LogP contribution in [0.4, 0.5) is 0 Å². The molecule has 0 aromatic rings. The molecule has 22 heavy (non-hydrogen) atoms. The van der Waals surface area contributed by atoms with E-state index in [0.717, 1.165) is 38.5 Å². The van der Waals surface area contributed by atoms with Crippen molar-refractivity contribution in [2.45, 2.75) is 70.4 Å². The highest BCUT2D eigenvalue weighted by Crippen LogP contribution is 2.18. The van der Waals surface area contributed by atoms with E-state index in [0.29, 0.717) is 13.0 Å². The minimum atomic E-state index is -0.960. The van der Waals surface area contributed by atoms with Crippen LogP contribution in [0.25, 0.3) is 0 Å². The van der Waals surface area contributed by atoms with Gasteiger partial charge in [0, 0.05) is 19.0 Å². The number of hydrogen-bond donors (Lipinski definition) is 2. The highest BCUT2D eigenvalue weighted by Gasteiger charge is 2.32. The van der Waals surface area contributed by atoms with Crippen molar-refractivity contribution in [3.8, 4) is 0 Å². The second-order valence-electron chi connectivity index (χ2n) is 6.90. The van der Waals surface area contributed by atoms with Crippen LogP contribution in [0.3, 0.4) is 0 Å². The summed E-state index contributed by atoms with van der Waals surface area (Å²) in [5, 5.41) is 5.76. The molecule has 0 atom stereocenters. The molecule has 1 saturated heterocycles. The Balaban J connectivity index is 1.82.